The highest BCUT2D eigenvalue weighted by Crippen LogP contribution is 2.40. The molecule has 1 saturated heterocycles. The second-order valence-electron chi connectivity index (χ2n) is 6.56. The third-order valence-corrected chi connectivity index (χ3v) is 4.86. The molecular weight excluding hydrogens is 306 g/mol. The first-order chi connectivity index (χ1) is 11.8. The SMILES string of the molecule is O=C(c1ccc2nc[nH]c2c1)N1CCC[C@H]1c1noc(C2CC2)n1. The minimum Gasteiger partial charge on any atom is -0.345 e. The molecule has 7 heteroatoms. The van der Waals surface area contributed by atoms with Gasteiger partial charge in [-0.2, -0.15) is 4.98 Å². The van der Waals surface area contributed by atoms with Crippen LogP contribution in [0.1, 0.15) is 59.7 Å². The van der Waals surface area contributed by atoms with Crippen molar-refractivity contribution in [1.29, 1.82) is 0 Å². The molecule has 7 nitrogen and oxygen atoms in total. The van der Waals surface area contributed by atoms with Gasteiger partial charge in [-0.15, -0.1) is 0 Å². The van der Waals surface area contributed by atoms with Crippen LogP contribution in [0.25, 0.3) is 11.0 Å². The molecule has 1 saturated carbocycles. The highest BCUT2D eigenvalue weighted by molar-refractivity contribution is 5.97. The van der Waals surface area contributed by atoms with Crippen LogP contribution in [-0.4, -0.2) is 37.5 Å². The van der Waals surface area contributed by atoms with Crippen LogP contribution < -0.4 is 0 Å². The number of hydrogen-bond acceptors (Lipinski definition) is 5. The van der Waals surface area contributed by atoms with E-state index in [0.29, 0.717) is 17.3 Å². The summed E-state index contributed by atoms with van der Waals surface area (Å²) in [5.74, 6) is 1.81. The molecular formula is C17H17N5O2. The van der Waals surface area contributed by atoms with Gasteiger partial charge in [0.2, 0.25) is 5.89 Å². The molecule has 2 aromatic heterocycles. The smallest absolute Gasteiger partial charge is 0.254 e. The number of benzene rings is 1. The number of nitrogens with zero attached hydrogens (tertiary/aromatic N) is 4. The molecule has 122 valence electrons. The summed E-state index contributed by atoms with van der Waals surface area (Å²) < 4.78 is 5.37. The number of hydrogen-bond donors (Lipinski definition) is 1. The topological polar surface area (TPSA) is 87.9 Å². The fraction of sp³-hybridized carbons (Fsp3) is 0.412. The Morgan fingerprint density at radius 3 is 3.08 bits per heavy atom. The van der Waals surface area contributed by atoms with Crippen molar-refractivity contribution >= 4 is 16.9 Å². The molecule has 0 bridgehead atoms. The molecule has 3 aromatic rings. The van der Waals surface area contributed by atoms with E-state index in [4.69, 9.17) is 4.52 Å². The van der Waals surface area contributed by atoms with Gasteiger partial charge in [0.15, 0.2) is 5.82 Å². The normalized spacial score (nSPS) is 20.8. The maximum atomic E-state index is 13.0. The maximum Gasteiger partial charge on any atom is 0.254 e. The third-order valence-electron chi connectivity index (χ3n) is 4.86. The quantitative estimate of drug-likeness (QED) is 0.800. The lowest BCUT2D eigenvalue weighted by Crippen LogP contribution is -2.31. The second kappa shape index (κ2) is 5.15. The monoisotopic (exact) mass is 323 g/mol. The number of H-pyrrole nitrogens is 1. The van der Waals surface area contributed by atoms with Crippen molar-refractivity contribution in [2.24, 2.45) is 0 Å². The molecule has 1 aliphatic heterocycles. The van der Waals surface area contributed by atoms with Gasteiger partial charge in [0.25, 0.3) is 5.91 Å². The predicted octanol–water partition coefficient (Wildman–Crippen LogP) is 2.80. The summed E-state index contributed by atoms with van der Waals surface area (Å²) in [6, 6.07) is 5.45. The van der Waals surface area contributed by atoms with Gasteiger partial charge < -0.3 is 14.4 Å². The van der Waals surface area contributed by atoms with E-state index in [9.17, 15) is 4.79 Å². The molecule has 5 rings (SSSR count). The van der Waals surface area contributed by atoms with Crippen LogP contribution in [0.3, 0.4) is 0 Å². The Morgan fingerprint density at radius 2 is 2.21 bits per heavy atom. The van der Waals surface area contributed by atoms with Crippen LogP contribution in [0, 0.1) is 0 Å². The number of rotatable bonds is 3. The van der Waals surface area contributed by atoms with Crippen LogP contribution in [0.15, 0.2) is 29.0 Å². The molecule has 1 aliphatic carbocycles. The predicted molar refractivity (Wildman–Crippen MR) is 85.4 cm³/mol. The molecule has 0 spiro atoms. The van der Waals surface area contributed by atoms with Gasteiger partial charge in [-0.3, -0.25) is 4.79 Å². The van der Waals surface area contributed by atoms with Crippen molar-refractivity contribution in [3.05, 3.63) is 41.8 Å². The Hall–Kier alpha value is -2.70. The minimum absolute atomic E-state index is 0.00627. The fourth-order valence-electron chi connectivity index (χ4n) is 3.39. The van der Waals surface area contributed by atoms with Crippen molar-refractivity contribution in [2.75, 3.05) is 6.54 Å². The highest BCUT2D eigenvalue weighted by Gasteiger charge is 2.36. The van der Waals surface area contributed by atoms with E-state index in [2.05, 4.69) is 20.1 Å². The first kappa shape index (κ1) is 13.7. The van der Waals surface area contributed by atoms with E-state index in [0.717, 1.165) is 49.2 Å². The van der Waals surface area contributed by atoms with E-state index >= 15 is 0 Å². The average molecular weight is 323 g/mol. The number of aromatic amines is 1. The number of aromatic nitrogens is 4. The molecule has 3 heterocycles. The first-order valence-corrected chi connectivity index (χ1v) is 8.37. The van der Waals surface area contributed by atoms with Crippen LogP contribution in [0.2, 0.25) is 0 Å². The molecule has 24 heavy (non-hydrogen) atoms. The summed E-state index contributed by atoms with van der Waals surface area (Å²) in [5, 5.41) is 4.13. The Balaban J connectivity index is 1.43. The molecule has 1 atom stereocenters. The largest absolute Gasteiger partial charge is 0.345 e. The van der Waals surface area contributed by atoms with E-state index in [1.807, 2.05) is 23.1 Å². The Kier molecular flexibility index (Phi) is 2.95. The highest BCUT2D eigenvalue weighted by atomic mass is 16.5. The first-order valence-electron chi connectivity index (χ1n) is 8.37. The number of likely N-dealkylation sites (tertiary alicyclic amines) is 1. The number of carbonyl (C=O) groups excluding carboxylic acids is 1. The van der Waals surface area contributed by atoms with Crippen molar-refractivity contribution in [3.63, 3.8) is 0 Å². The summed E-state index contributed by atoms with van der Waals surface area (Å²) >= 11 is 0. The van der Waals surface area contributed by atoms with Crippen LogP contribution in [0.5, 0.6) is 0 Å². The number of nitrogens with one attached hydrogen (secondary N) is 1. The van der Waals surface area contributed by atoms with E-state index in [-0.39, 0.29) is 11.9 Å². The molecule has 2 aliphatic rings. The van der Waals surface area contributed by atoms with Gasteiger partial charge in [0, 0.05) is 18.0 Å². The Labute approximate surface area is 138 Å². The zero-order valence-corrected chi connectivity index (χ0v) is 13.1. The number of fused-ring (bicyclic) bond motifs is 1. The van der Waals surface area contributed by atoms with Crippen molar-refractivity contribution in [2.45, 2.75) is 37.6 Å². The van der Waals surface area contributed by atoms with Crippen LogP contribution in [-0.2, 0) is 0 Å². The summed E-state index contributed by atoms with van der Waals surface area (Å²) in [5.41, 5.74) is 2.38. The van der Waals surface area contributed by atoms with E-state index in [1.54, 1.807) is 6.33 Å². The van der Waals surface area contributed by atoms with Gasteiger partial charge in [0.1, 0.15) is 0 Å². The van der Waals surface area contributed by atoms with E-state index < -0.39 is 0 Å². The third kappa shape index (κ3) is 2.19. The fourth-order valence-corrected chi connectivity index (χ4v) is 3.39. The molecule has 0 radical (unpaired) electrons. The summed E-state index contributed by atoms with van der Waals surface area (Å²) in [6.45, 7) is 0.720. The van der Waals surface area contributed by atoms with E-state index in [1.165, 1.54) is 0 Å². The number of carbonyl (C=O) groups is 1. The zero-order valence-electron chi connectivity index (χ0n) is 13.1. The van der Waals surface area contributed by atoms with Crippen molar-refractivity contribution in [3.8, 4) is 0 Å². The molecule has 2 fully saturated rings. The van der Waals surface area contributed by atoms with Gasteiger partial charge >= 0.3 is 0 Å². The lowest BCUT2D eigenvalue weighted by Gasteiger charge is -2.22. The summed E-state index contributed by atoms with van der Waals surface area (Å²) in [6.07, 6.45) is 5.71. The lowest BCUT2D eigenvalue weighted by molar-refractivity contribution is 0.0728. The van der Waals surface area contributed by atoms with Gasteiger partial charge in [-0.05, 0) is 43.9 Å². The van der Waals surface area contributed by atoms with Gasteiger partial charge in [-0.25, -0.2) is 4.98 Å². The summed E-state index contributed by atoms with van der Waals surface area (Å²) in [7, 11) is 0. The minimum atomic E-state index is -0.0915. The molecule has 1 aromatic carbocycles. The molecule has 0 unspecified atom stereocenters. The Bertz CT molecular complexity index is 910. The zero-order chi connectivity index (χ0) is 16.1. The maximum absolute atomic E-state index is 13.0. The second-order valence-corrected chi connectivity index (χ2v) is 6.56. The lowest BCUT2D eigenvalue weighted by atomic mass is 10.1. The molecule has 1 amide bonds. The van der Waals surface area contributed by atoms with Crippen LogP contribution >= 0.6 is 0 Å². The number of imidazole rings is 1. The van der Waals surface area contributed by atoms with Crippen molar-refractivity contribution in [1.82, 2.24) is 25.0 Å². The van der Waals surface area contributed by atoms with Crippen molar-refractivity contribution < 1.29 is 9.32 Å². The standard InChI is InChI=1S/C17H17N5O2/c23-17(11-5-6-12-13(8-11)19-9-18-12)22-7-1-2-14(22)15-20-16(24-21-15)10-3-4-10/h5-6,8-10,14H,1-4,7H2,(H,18,19)/t14-/m0/s1. The average Bonchev–Trinajstić information content (AvgIpc) is 3.06. The molecule has 1 N–H and O–H groups in total. The Morgan fingerprint density at radius 1 is 1.29 bits per heavy atom. The van der Waals surface area contributed by atoms with Gasteiger partial charge in [-0.1, -0.05) is 5.16 Å². The number of amides is 1. The van der Waals surface area contributed by atoms with Gasteiger partial charge in [0.05, 0.1) is 23.4 Å². The summed E-state index contributed by atoms with van der Waals surface area (Å²) in [4.78, 5) is 26.6. The van der Waals surface area contributed by atoms with Crippen LogP contribution in [0.4, 0.5) is 0 Å².